The molecule has 1 saturated carbocycles. The number of hydrogen-bond donors (Lipinski definition) is 1. The molecule has 1 amide bonds. The van der Waals surface area contributed by atoms with Crippen LogP contribution in [0.15, 0.2) is 34.7 Å². The smallest absolute Gasteiger partial charge is 0.268 e. The standard InChI is InChI=1S/C21H25N5O2/c1-13(2)19-12-18(21-24-23-14(3)28-21)25-26(19)17-10-6-7-15(11-17)20(27)22-16-8-4-5-9-16/h6-7,10-13,16H,4-5,8-9H2,1-3H3,(H,22,27). The molecule has 1 aliphatic rings. The number of aryl methyl sites for hydroxylation is 1. The van der Waals surface area contributed by atoms with Crippen LogP contribution in [0.5, 0.6) is 0 Å². The van der Waals surface area contributed by atoms with Crippen LogP contribution in [-0.4, -0.2) is 31.9 Å². The molecule has 1 aromatic carbocycles. The van der Waals surface area contributed by atoms with Crippen molar-refractivity contribution in [2.24, 2.45) is 0 Å². The summed E-state index contributed by atoms with van der Waals surface area (Å²) < 4.78 is 7.38. The minimum atomic E-state index is -0.0280. The molecule has 7 nitrogen and oxygen atoms in total. The molecule has 4 rings (SSSR count). The molecule has 0 atom stereocenters. The first-order valence-electron chi connectivity index (χ1n) is 9.83. The molecule has 2 aromatic heterocycles. The Morgan fingerprint density at radius 1 is 1.21 bits per heavy atom. The number of benzene rings is 1. The predicted molar refractivity (Wildman–Crippen MR) is 105 cm³/mol. The van der Waals surface area contributed by atoms with Gasteiger partial charge < -0.3 is 9.73 Å². The van der Waals surface area contributed by atoms with Crippen LogP contribution in [0.3, 0.4) is 0 Å². The zero-order valence-electron chi connectivity index (χ0n) is 16.5. The average Bonchev–Trinajstić information content (AvgIpc) is 3.42. The Hall–Kier alpha value is -2.96. The van der Waals surface area contributed by atoms with Gasteiger partial charge in [0.1, 0.15) is 5.69 Å². The van der Waals surface area contributed by atoms with Crippen molar-refractivity contribution < 1.29 is 9.21 Å². The number of hydrogen-bond acceptors (Lipinski definition) is 5. The largest absolute Gasteiger partial charge is 0.420 e. The molecule has 3 aromatic rings. The highest BCUT2D eigenvalue weighted by atomic mass is 16.4. The van der Waals surface area contributed by atoms with Crippen molar-refractivity contribution in [3.05, 3.63) is 47.5 Å². The first-order chi connectivity index (χ1) is 13.5. The monoisotopic (exact) mass is 379 g/mol. The summed E-state index contributed by atoms with van der Waals surface area (Å²) in [4.78, 5) is 12.7. The average molecular weight is 379 g/mol. The predicted octanol–water partition coefficient (Wildman–Crippen LogP) is 4.03. The molecule has 0 bridgehead atoms. The Bertz CT molecular complexity index is 982. The Kier molecular flexibility index (Phi) is 4.98. The second kappa shape index (κ2) is 7.58. The summed E-state index contributed by atoms with van der Waals surface area (Å²) >= 11 is 0. The van der Waals surface area contributed by atoms with Crippen molar-refractivity contribution in [2.75, 3.05) is 0 Å². The van der Waals surface area contributed by atoms with Gasteiger partial charge in [-0.3, -0.25) is 4.79 Å². The molecule has 2 heterocycles. The summed E-state index contributed by atoms with van der Waals surface area (Å²) in [5.74, 6) is 1.11. The second-order valence-corrected chi connectivity index (χ2v) is 7.65. The lowest BCUT2D eigenvalue weighted by molar-refractivity contribution is 0.0938. The number of rotatable bonds is 5. The number of nitrogens with zero attached hydrogens (tertiary/aromatic N) is 4. The van der Waals surface area contributed by atoms with Gasteiger partial charge in [0.05, 0.1) is 5.69 Å². The van der Waals surface area contributed by atoms with Crippen molar-refractivity contribution >= 4 is 5.91 Å². The lowest BCUT2D eigenvalue weighted by Crippen LogP contribution is -2.32. The van der Waals surface area contributed by atoms with Gasteiger partial charge in [0.25, 0.3) is 11.8 Å². The Labute approximate surface area is 164 Å². The highest BCUT2D eigenvalue weighted by Crippen LogP contribution is 2.26. The maximum atomic E-state index is 12.7. The first kappa shape index (κ1) is 18.4. The van der Waals surface area contributed by atoms with Gasteiger partial charge in [-0.15, -0.1) is 10.2 Å². The zero-order chi connectivity index (χ0) is 19.7. The molecular formula is C21H25N5O2. The number of nitrogens with one attached hydrogen (secondary N) is 1. The van der Waals surface area contributed by atoms with Crippen molar-refractivity contribution in [3.63, 3.8) is 0 Å². The molecule has 28 heavy (non-hydrogen) atoms. The number of carbonyl (C=O) groups is 1. The number of carbonyl (C=O) groups excluding carboxylic acids is 1. The SMILES string of the molecule is Cc1nnc(-c2cc(C(C)C)n(-c3cccc(C(=O)NC4CCCC4)c3)n2)o1. The topological polar surface area (TPSA) is 85.8 Å². The number of amides is 1. The van der Waals surface area contributed by atoms with Crippen molar-refractivity contribution in [1.29, 1.82) is 0 Å². The third-order valence-corrected chi connectivity index (χ3v) is 5.12. The van der Waals surface area contributed by atoms with E-state index < -0.39 is 0 Å². The van der Waals surface area contributed by atoms with E-state index in [4.69, 9.17) is 4.42 Å². The molecule has 1 N–H and O–H groups in total. The molecule has 146 valence electrons. The van der Waals surface area contributed by atoms with E-state index in [9.17, 15) is 4.79 Å². The van der Waals surface area contributed by atoms with Gasteiger partial charge in [0, 0.05) is 24.2 Å². The van der Waals surface area contributed by atoms with E-state index in [1.54, 1.807) is 6.92 Å². The van der Waals surface area contributed by atoms with Crippen LogP contribution in [-0.2, 0) is 0 Å². The Balaban J connectivity index is 1.66. The van der Waals surface area contributed by atoms with Gasteiger partial charge in [0.2, 0.25) is 5.89 Å². The van der Waals surface area contributed by atoms with Gasteiger partial charge in [0.15, 0.2) is 0 Å². The quantitative estimate of drug-likeness (QED) is 0.723. The molecule has 0 radical (unpaired) electrons. The lowest BCUT2D eigenvalue weighted by Gasteiger charge is -2.14. The molecule has 1 aliphatic carbocycles. The van der Waals surface area contributed by atoms with Crippen molar-refractivity contribution in [1.82, 2.24) is 25.3 Å². The minimum absolute atomic E-state index is 0.0280. The van der Waals surface area contributed by atoms with E-state index >= 15 is 0 Å². The van der Waals surface area contributed by atoms with E-state index in [0.29, 0.717) is 29.1 Å². The second-order valence-electron chi connectivity index (χ2n) is 7.65. The molecule has 0 spiro atoms. The number of aromatic nitrogens is 4. The molecule has 1 fully saturated rings. The Morgan fingerprint density at radius 2 is 2.00 bits per heavy atom. The van der Waals surface area contributed by atoms with Gasteiger partial charge in [-0.2, -0.15) is 5.10 Å². The normalized spacial score (nSPS) is 14.7. The van der Waals surface area contributed by atoms with Crippen LogP contribution >= 0.6 is 0 Å². The van der Waals surface area contributed by atoms with E-state index in [0.717, 1.165) is 24.2 Å². The summed E-state index contributed by atoms with van der Waals surface area (Å²) in [6, 6.07) is 9.82. The van der Waals surface area contributed by atoms with Crippen LogP contribution in [0.25, 0.3) is 17.3 Å². The molecular weight excluding hydrogens is 354 g/mol. The van der Waals surface area contributed by atoms with E-state index in [2.05, 4.69) is 34.5 Å². The van der Waals surface area contributed by atoms with Gasteiger partial charge in [-0.1, -0.05) is 32.8 Å². The van der Waals surface area contributed by atoms with Gasteiger partial charge in [-0.25, -0.2) is 4.68 Å². The summed E-state index contributed by atoms with van der Waals surface area (Å²) in [5.41, 5.74) is 3.12. The summed E-state index contributed by atoms with van der Waals surface area (Å²) in [5, 5.41) is 15.8. The van der Waals surface area contributed by atoms with Gasteiger partial charge in [-0.05, 0) is 43.0 Å². The zero-order valence-corrected chi connectivity index (χ0v) is 16.5. The summed E-state index contributed by atoms with van der Waals surface area (Å²) in [7, 11) is 0. The van der Waals surface area contributed by atoms with Gasteiger partial charge >= 0.3 is 0 Å². The molecule has 0 aliphatic heterocycles. The fourth-order valence-electron chi connectivity index (χ4n) is 3.64. The van der Waals surface area contributed by atoms with E-state index in [1.165, 1.54) is 12.8 Å². The van der Waals surface area contributed by atoms with Crippen LogP contribution in [0, 0.1) is 6.92 Å². The maximum Gasteiger partial charge on any atom is 0.268 e. The van der Waals surface area contributed by atoms with Crippen LogP contribution in [0.4, 0.5) is 0 Å². The van der Waals surface area contributed by atoms with Crippen molar-refractivity contribution in [3.8, 4) is 17.3 Å². The third kappa shape index (κ3) is 3.69. The summed E-state index contributed by atoms with van der Waals surface area (Å²) in [6.07, 6.45) is 4.51. The molecule has 7 heteroatoms. The fourth-order valence-corrected chi connectivity index (χ4v) is 3.64. The lowest BCUT2D eigenvalue weighted by atomic mass is 10.1. The van der Waals surface area contributed by atoms with Crippen LogP contribution < -0.4 is 5.32 Å². The molecule has 0 unspecified atom stereocenters. The fraction of sp³-hybridized carbons (Fsp3) is 0.429. The van der Waals surface area contributed by atoms with E-state index in [-0.39, 0.29) is 11.8 Å². The third-order valence-electron chi connectivity index (χ3n) is 5.12. The van der Waals surface area contributed by atoms with Crippen LogP contribution in [0.1, 0.15) is 67.4 Å². The minimum Gasteiger partial charge on any atom is -0.420 e. The highest BCUT2D eigenvalue weighted by molar-refractivity contribution is 5.95. The molecule has 0 saturated heterocycles. The van der Waals surface area contributed by atoms with E-state index in [1.807, 2.05) is 35.0 Å². The Morgan fingerprint density at radius 3 is 2.68 bits per heavy atom. The highest BCUT2D eigenvalue weighted by Gasteiger charge is 2.20. The maximum absolute atomic E-state index is 12.7. The summed E-state index contributed by atoms with van der Waals surface area (Å²) in [6.45, 7) is 5.96. The van der Waals surface area contributed by atoms with Crippen LogP contribution in [0.2, 0.25) is 0 Å². The van der Waals surface area contributed by atoms with Crippen molar-refractivity contribution in [2.45, 2.75) is 58.4 Å². The first-order valence-corrected chi connectivity index (χ1v) is 9.83.